The summed E-state index contributed by atoms with van der Waals surface area (Å²) in [6.07, 6.45) is 3.94. The number of aromatic nitrogens is 4. The predicted molar refractivity (Wildman–Crippen MR) is 139 cm³/mol. The highest BCUT2D eigenvalue weighted by Crippen LogP contribution is 2.26. The lowest BCUT2D eigenvalue weighted by Crippen LogP contribution is -2.29. The van der Waals surface area contributed by atoms with Gasteiger partial charge in [0.15, 0.2) is 4.96 Å². The largest absolute Gasteiger partial charge is 0.324 e. The number of thiazole rings is 1. The maximum absolute atomic E-state index is 12.7. The van der Waals surface area contributed by atoms with Gasteiger partial charge < -0.3 is 5.32 Å². The van der Waals surface area contributed by atoms with Crippen LogP contribution >= 0.6 is 11.3 Å². The van der Waals surface area contributed by atoms with Gasteiger partial charge in [-0.15, -0.1) is 11.3 Å². The molecular formula is C27H19N5O2S. The van der Waals surface area contributed by atoms with E-state index < -0.39 is 0 Å². The Hall–Kier alpha value is -4.56. The molecule has 0 fully saturated rings. The van der Waals surface area contributed by atoms with Crippen molar-refractivity contribution >= 4 is 38.7 Å². The third kappa shape index (κ3) is 4.11. The summed E-state index contributed by atoms with van der Waals surface area (Å²) >= 11 is 1.58. The highest BCUT2D eigenvalue weighted by molar-refractivity contribution is 7.15. The molecule has 1 N–H and O–H groups in total. The van der Waals surface area contributed by atoms with Crippen LogP contribution < -0.4 is 10.9 Å². The monoisotopic (exact) mass is 477 g/mol. The molecule has 0 radical (unpaired) electrons. The van der Waals surface area contributed by atoms with Crippen molar-refractivity contribution in [2.45, 2.75) is 6.54 Å². The third-order valence-corrected chi connectivity index (χ3v) is 6.55. The van der Waals surface area contributed by atoms with Crippen molar-refractivity contribution in [3.05, 3.63) is 107 Å². The van der Waals surface area contributed by atoms with Gasteiger partial charge in [-0.3, -0.25) is 14.0 Å². The first-order chi connectivity index (χ1) is 17.1. The maximum atomic E-state index is 12.7. The van der Waals surface area contributed by atoms with Crippen LogP contribution in [0.25, 0.3) is 38.2 Å². The lowest BCUT2D eigenvalue weighted by Gasteiger charge is -2.10. The quantitative estimate of drug-likeness (QED) is 0.376. The number of benzene rings is 3. The van der Waals surface area contributed by atoms with Gasteiger partial charge in [0.1, 0.15) is 6.54 Å². The van der Waals surface area contributed by atoms with E-state index >= 15 is 0 Å². The minimum atomic E-state index is -0.334. The SMILES string of the molecule is O=C(Cn1nc(-c2cccc3ccccc23)ccc1=O)Nc1ccc(-c2cn3ccsc3n2)cc1. The van der Waals surface area contributed by atoms with Crippen LogP contribution in [0.3, 0.4) is 0 Å². The fraction of sp³-hybridized carbons (Fsp3) is 0.0370. The molecule has 3 aromatic heterocycles. The Labute approximate surface area is 203 Å². The third-order valence-electron chi connectivity index (χ3n) is 5.78. The fourth-order valence-electron chi connectivity index (χ4n) is 4.08. The molecule has 0 spiro atoms. The van der Waals surface area contributed by atoms with Crippen molar-refractivity contribution in [2.24, 2.45) is 0 Å². The molecule has 0 saturated carbocycles. The van der Waals surface area contributed by atoms with Crippen molar-refractivity contribution in [1.82, 2.24) is 19.2 Å². The molecule has 0 aliphatic heterocycles. The lowest BCUT2D eigenvalue weighted by molar-refractivity contribution is -0.117. The van der Waals surface area contributed by atoms with E-state index in [1.165, 1.54) is 10.7 Å². The Kier molecular flexibility index (Phi) is 5.20. The van der Waals surface area contributed by atoms with Crippen molar-refractivity contribution in [3.8, 4) is 22.5 Å². The smallest absolute Gasteiger partial charge is 0.267 e. The number of nitrogens with one attached hydrogen (secondary N) is 1. The summed E-state index contributed by atoms with van der Waals surface area (Å²) in [6.45, 7) is -0.184. The van der Waals surface area contributed by atoms with E-state index in [0.29, 0.717) is 11.4 Å². The number of hydrogen-bond donors (Lipinski definition) is 1. The van der Waals surface area contributed by atoms with Gasteiger partial charge in [0, 0.05) is 40.7 Å². The summed E-state index contributed by atoms with van der Waals surface area (Å²) in [6, 6.07) is 24.6. The Balaban J connectivity index is 1.20. The maximum Gasteiger partial charge on any atom is 0.267 e. The van der Waals surface area contributed by atoms with Gasteiger partial charge in [-0.05, 0) is 29.0 Å². The van der Waals surface area contributed by atoms with Gasteiger partial charge in [0.25, 0.3) is 5.56 Å². The zero-order valence-corrected chi connectivity index (χ0v) is 19.3. The average Bonchev–Trinajstić information content (AvgIpc) is 3.48. The van der Waals surface area contributed by atoms with Gasteiger partial charge in [0.2, 0.25) is 5.91 Å². The van der Waals surface area contributed by atoms with Crippen LogP contribution in [0.5, 0.6) is 0 Å². The van der Waals surface area contributed by atoms with Gasteiger partial charge >= 0.3 is 0 Å². The van der Waals surface area contributed by atoms with Gasteiger partial charge in [-0.25, -0.2) is 9.67 Å². The highest BCUT2D eigenvalue weighted by atomic mass is 32.1. The number of anilines is 1. The van der Waals surface area contributed by atoms with E-state index in [2.05, 4.69) is 15.4 Å². The van der Waals surface area contributed by atoms with Crippen LogP contribution in [-0.4, -0.2) is 25.1 Å². The second-order valence-corrected chi connectivity index (χ2v) is 8.96. The normalized spacial score (nSPS) is 11.2. The molecule has 0 aliphatic carbocycles. The molecule has 0 aliphatic rings. The molecule has 0 unspecified atom stereocenters. The number of carbonyl (C=O) groups is 1. The second kappa shape index (κ2) is 8.66. The first kappa shape index (κ1) is 21.0. The van der Waals surface area contributed by atoms with Crippen LogP contribution in [0.4, 0.5) is 5.69 Å². The van der Waals surface area contributed by atoms with Gasteiger partial charge in [-0.1, -0.05) is 54.6 Å². The number of amides is 1. The van der Waals surface area contributed by atoms with Crippen molar-refractivity contribution in [2.75, 3.05) is 5.32 Å². The summed E-state index contributed by atoms with van der Waals surface area (Å²) in [4.78, 5) is 30.7. The average molecular weight is 478 g/mol. The molecule has 0 atom stereocenters. The summed E-state index contributed by atoms with van der Waals surface area (Å²) < 4.78 is 3.17. The molecule has 6 aromatic rings. The first-order valence-corrected chi connectivity index (χ1v) is 11.9. The number of hydrogen-bond acceptors (Lipinski definition) is 5. The molecule has 3 heterocycles. The Bertz CT molecular complexity index is 1710. The van der Waals surface area contributed by atoms with Crippen LogP contribution in [0, 0.1) is 0 Å². The summed E-state index contributed by atoms with van der Waals surface area (Å²) in [5.41, 5.74) is 3.68. The Morgan fingerprint density at radius 2 is 1.74 bits per heavy atom. The number of nitrogens with zero attached hydrogens (tertiary/aromatic N) is 4. The van der Waals surface area contributed by atoms with Crippen LogP contribution in [-0.2, 0) is 11.3 Å². The Morgan fingerprint density at radius 1 is 0.914 bits per heavy atom. The van der Waals surface area contributed by atoms with Crippen LogP contribution in [0.1, 0.15) is 0 Å². The minimum absolute atomic E-state index is 0.184. The summed E-state index contributed by atoms with van der Waals surface area (Å²) in [5.74, 6) is -0.329. The predicted octanol–water partition coefficient (Wildman–Crippen LogP) is 5.08. The lowest BCUT2D eigenvalue weighted by atomic mass is 10.0. The number of rotatable bonds is 5. The molecule has 0 saturated heterocycles. The minimum Gasteiger partial charge on any atom is -0.324 e. The highest BCUT2D eigenvalue weighted by Gasteiger charge is 2.11. The molecule has 170 valence electrons. The first-order valence-electron chi connectivity index (χ1n) is 11.0. The van der Waals surface area contributed by atoms with Crippen molar-refractivity contribution in [1.29, 1.82) is 0 Å². The van der Waals surface area contributed by atoms with Crippen molar-refractivity contribution in [3.63, 3.8) is 0 Å². The van der Waals surface area contributed by atoms with Crippen LogP contribution in [0.2, 0.25) is 0 Å². The van der Waals surface area contributed by atoms with E-state index in [0.717, 1.165) is 32.6 Å². The van der Waals surface area contributed by atoms with E-state index in [9.17, 15) is 9.59 Å². The Morgan fingerprint density at radius 3 is 2.60 bits per heavy atom. The van der Waals surface area contributed by atoms with Crippen molar-refractivity contribution < 1.29 is 4.79 Å². The van der Waals surface area contributed by atoms with E-state index in [1.807, 2.05) is 88.9 Å². The molecule has 6 rings (SSSR count). The topological polar surface area (TPSA) is 81.3 Å². The van der Waals surface area contributed by atoms with E-state index in [4.69, 9.17) is 0 Å². The number of carbonyl (C=O) groups excluding carboxylic acids is 1. The van der Waals surface area contributed by atoms with Crippen LogP contribution in [0.15, 0.2) is 101 Å². The molecule has 0 bridgehead atoms. The van der Waals surface area contributed by atoms with Gasteiger partial charge in [0.05, 0.1) is 11.4 Å². The molecule has 3 aromatic carbocycles. The fourth-order valence-corrected chi connectivity index (χ4v) is 4.78. The molecule has 7 nitrogen and oxygen atoms in total. The number of imidazole rings is 1. The molecular weight excluding hydrogens is 458 g/mol. The molecule has 1 amide bonds. The van der Waals surface area contributed by atoms with E-state index in [-0.39, 0.29) is 18.0 Å². The van der Waals surface area contributed by atoms with E-state index in [1.54, 1.807) is 17.4 Å². The van der Waals surface area contributed by atoms with Gasteiger partial charge in [-0.2, -0.15) is 5.10 Å². The zero-order chi connectivity index (χ0) is 23.8. The standard InChI is InChI=1S/C27H19N5O2S/c33-25(28-20-10-8-19(9-11-20)24-16-31-14-15-35-27(31)29-24)17-32-26(34)13-12-23(30-32)22-7-3-5-18-4-1-2-6-21(18)22/h1-16H,17H2,(H,28,33). The summed E-state index contributed by atoms with van der Waals surface area (Å²) in [7, 11) is 0. The zero-order valence-electron chi connectivity index (χ0n) is 18.5. The molecule has 8 heteroatoms. The molecule has 35 heavy (non-hydrogen) atoms. The number of fused-ring (bicyclic) bond motifs is 2. The second-order valence-electron chi connectivity index (χ2n) is 8.09. The summed E-state index contributed by atoms with van der Waals surface area (Å²) in [5, 5.41) is 11.4.